The molecule has 1 unspecified atom stereocenters. The van der Waals surface area contributed by atoms with Crippen molar-refractivity contribution >= 4 is 5.91 Å². The molecule has 0 spiro atoms. The van der Waals surface area contributed by atoms with Gasteiger partial charge in [0, 0.05) is 12.6 Å². The molecule has 0 saturated heterocycles. The highest BCUT2D eigenvalue weighted by atomic mass is 16.6. The highest BCUT2D eigenvalue weighted by Gasteiger charge is 2.31. The second kappa shape index (κ2) is 5.67. The van der Waals surface area contributed by atoms with E-state index in [1.165, 1.54) is 17.7 Å². The Kier molecular flexibility index (Phi) is 3.48. The van der Waals surface area contributed by atoms with E-state index in [2.05, 4.69) is 10.2 Å². The summed E-state index contributed by atoms with van der Waals surface area (Å²) in [5.74, 6) is 1.30. The van der Waals surface area contributed by atoms with E-state index in [1.807, 2.05) is 19.1 Å². The van der Waals surface area contributed by atoms with Crippen LogP contribution in [0.4, 0.5) is 0 Å². The first-order valence-corrected chi connectivity index (χ1v) is 7.92. The van der Waals surface area contributed by atoms with Crippen molar-refractivity contribution in [2.24, 2.45) is 0 Å². The molecule has 124 valence electrons. The first-order valence-electron chi connectivity index (χ1n) is 7.92. The lowest BCUT2D eigenvalue weighted by molar-refractivity contribution is 0.0669. The fourth-order valence-electron chi connectivity index (χ4n) is 3.24. The quantitative estimate of drug-likeness (QED) is 0.853. The van der Waals surface area contributed by atoms with E-state index >= 15 is 0 Å². The van der Waals surface area contributed by atoms with Crippen LogP contribution in [0.3, 0.4) is 0 Å². The number of aromatic amines is 1. The minimum absolute atomic E-state index is 0.106. The molecule has 0 bridgehead atoms. The van der Waals surface area contributed by atoms with Gasteiger partial charge in [-0.2, -0.15) is 5.10 Å². The zero-order valence-electron chi connectivity index (χ0n) is 13.2. The average molecular weight is 327 g/mol. The highest BCUT2D eigenvalue weighted by molar-refractivity contribution is 5.92. The monoisotopic (exact) mass is 327 g/mol. The molecule has 0 aliphatic carbocycles. The molecule has 24 heavy (non-hydrogen) atoms. The molecule has 0 radical (unpaired) electrons. The number of carbonyl (C=O) groups is 1. The molecule has 1 aromatic heterocycles. The van der Waals surface area contributed by atoms with Crippen LogP contribution in [-0.2, 0) is 6.42 Å². The Labute approximate surface area is 138 Å². The summed E-state index contributed by atoms with van der Waals surface area (Å²) in [7, 11) is 0. The number of nitrogens with zero attached hydrogens (tertiary/aromatic N) is 2. The van der Waals surface area contributed by atoms with Gasteiger partial charge < -0.3 is 14.4 Å². The van der Waals surface area contributed by atoms with E-state index in [0.717, 1.165) is 23.5 Å². The first kappa shape index (κ1) is 14.7. The molecule has 1 N–H and O–H groups in total. The van der Waals surface area contributed by atoms with E-state index < -0.39 is 0 Å². The SMILES string of the molecule is CC1c2cc3c(cc2CCN1C(=O)c1ccc(=O)[nH]n1)OCCO3. The van der Waals surface area contributed by atoms with Gasteiger partial charge in [-0.15, -0.1) is 0 Å². The number of rotatable bonds is 1. The normalized spacial score (nSPS) is 18.9. The number of carbonyl (C=O) groups excluding carboxylic acids is 1. The lowest BCUT2D eigenvalue weighted by atomic mass is 9.92. The van der Waals surface area contributed by atoms with Crippen molar-refractivity contribution in [3.05, 3.63) is 51.4 Å². The van der Waals surface area contributed by atoms with Crippen LogP contribution in [0.1, 0.15) is 34.6 Å². The Bertz CT molecular complexity index is 841. The van der Waals surface area contributed by atoms with Gasteiger partial charge >= 0.3 is 0 Å². The Balaban J connectivity index is 1.66. The summed E-state index contributed by atoms with van der Waals surface area (Å²) in [4.78, 5) is 25.6. The van der Waals surface area contributed by atoms with Gasteiger partial charge in [-0.05, 0) is 42.7 Å². The van der Waals surface area contributed by atoms with Crippen molar-refractivity contribution in [3.8, 4) is 11.5 Å². The number of benzene rings is 1. The van der Waals surface area contributed by atoms with Crippen molar-refractivity contribution in [2.45, 2.75) is 19.4 Å². The average Bonchev–Trinajstić information content (AvgIpc) is 2.61. The molecule has 3 heterocycles. The molecule has 2 aliphatic rings. The number of hydrogen-bond acceptors (Lipinski definition) is 5. The van der Waals surface area contributed by atoms with Crippen molar-refractivity contribution < 1.29 is 14.3 Å². The van der Waals surface area contributed by atoms with Crippen LogP contribution < -0.4 is 15.0 Å². The standard InChI is InChI=1S/C17H17N3O4/c1-10-12-9-15-14(23-6-7-24-15)8-11(12)4-5-20(10)17(22)13-2-3-16(21)19-18-13/h2-3,8-10H,4-7H2,1H3,(H,19,21). The zero-order valence-corrected chi connectivity index (χ0v) is 13.2. The van der Waals surface area contributed by atoms with Crippen LogP contribution >= 0.6 is 0 Å². The third-order valence-corrected chi connectivity index (χ3v) is 4.50. The highest BCUT2D eigenvalue weighted by Crippen LogP contribution is 2.39. The van der Waals surface area contributed by atoms with E-state index in [9.17, 15) is 9.59 Å². The Morgan fingerprint density at radius 1 is 1.25 bits per heavy atom. The number of amides is 1. The Hall–Kier alpha value is -2.83. The summed E-state index contributed by atoms with van der Waals surface area (Å²) in [6, 6.07) is 6.64. The lowest BCUT2D eigenvalue weighted by Gasteiger charge is -2.36. The van der Waals surface area contributed by atoms with Gasteiger partial charge in [0.1, 0.15) is 18.9 Å². The van der Waals surface area contributed by atoms with Gasteiger partial charge in [-0.1, -0.05) is 0 Å². The van der Waals surface area contributed by atoms with Gasteiger partial charge in [-0.3, -0.25) is 9.59 Å². The minimum Gasteiger partial charge on any atom is -0.486 e. The molecule has 7 nitrogen and oxygen atoms in total. The summed E-state index contributed by atoms with van der Waals surface area (Å²) in [5.41, 5.74) is 2.14. The zero-order chi connectivity index (χ0) is 16.7. The predicted octanol–water partition coefficient (Wildman–Crippen LogP) is 1.30. The maximum atomic E-state index is 12.7. The summed E-state index contributed by atoms with van der Waals surface area (Å²) in [6.07, 6.45) is 0.741. The summed E-state index contributed by atoms with van der Waals surface area (Å²) in [6.45, 7) is 3.67. The van der Waals surface area contributed by atoms with Crippen LogP contribution in [0.15, 0.2) is 29.1 Å². The van der Waals surface area contributed by atoms with Gasteiger partial charge in [0.15, 0.2) is 11.5 Å². The molecule has 4 rings (SSSR count). The summed E-state index contributed by atoms with van der Waals surface area (Å²) in [5, 5.41) is 6.15. The Morgan fingerprint density at radius 3 is 2.71 bits per heavy atom. The van der Waals surface area contributed by atoms with Gasteiger partial charge in [0.05, 0.1) is 6.04 Å². The molecule has 0 fully saturated rings. The van der Waals surface area contributed by atoms with Crippen molar-refractivity contribution in [3.63, 3.8) is 0 Å². The molecule has 0 saturated carbocycles. The van der Waals surface area contributed by atoms with Crippen LogP contribution in [0.2, 0.25) is 0 Å². The third kappa shape index (κ3) is 2.42. The van der Waals surface area contributed by atoms with Crippen LogP contribution in [0.25, 0.3) is 0 Å². The second-order valence-corrected chi connectivity index (χ2v) is 5.93. The molecular formula is C17H17N3O4. The van der Waals surface area contributed by atoms with Gasteiger partial charge in [0.25, 0.3) is 11.5 Å². The maximum Gasteiger partial charge on any atom is 0.274 e. The second-order valence-electron chi connectivity index (χ2n) is 5.93. The number of aromatic nitrogens is 2. The number of fused-ring (bicyclic) bond motifs is 2. The minimum atomic E-state index is -0.327. The fraction of sp³-hybridized carbons (Fsp3) is 0.353. The number of hydrogen-bond donors (Lipinski definition) is 1. The fourth-order valence-corrected chi connectivity index (χ4v) is 3.24. The number of nitrogens with one attached hydrogen (secondary N) is 1. The summed E-state index contributed by atoms with van der Waals surface area (Å²) >= 11 is 0. The first-order chi connectivity index (χ1) is 11.6. The molecular weight excluding hydrogens is 310 g/mol. The molecule has 2 aromatic rings. The van der Waals surface area contributed by atoms with Gasteiger partial charge in [0.2, 0.25) is 0 Å². The third-order valence-electron chi connectivity index (χ3n) is 4.50. The smallest absolute Gasteiger partial charge is 0.274 e. The largest absolute Gasteiger partial charge is 0.486 e. The van der Waals surface area contributed by atoms with Crippen LogP contribution in [-0.4, -0.2) is 40.8 Å². The molecule has 1 aromatic carbocycles. The number of H-pyrrole nitrogens is 1. The van der Waals surface area contributed by atoms with E-state index in [4.69, 9.17) is 9.47 Å². The Morgan fingerprint density at radius 2 is 2.00 bits per heavy atom. The number of ether oxygens (including phenoxy) is 2. The van der Waals surface area contributed by atoms with Crippen molar-refractivity contribution in [1.29, 1.82) is 0 Å². The maximum absolute atomic E-state index is 12.7. The van der Waals surface area contributed by atoms with E-state index in [0.29, 0.717) is 19.8 Å². The van der Waals surface area contributed by atoms with Gasteiger partial charge in [-0.25, -0.2) is 5.10 Å². The lowest BCUT2D eigenvalue weighted by Crippen LogP contribution is -2.39. The predicted molar refractivity (Wildman–Crippen MR) is 85.4 cm³/mol. The summed E-state index contributed by atoms with van der Waals surface area (Å²) < 4.78 is 11.3. The van der Waals surface area contributed by atoms with E-state index in [-0.39, 0.29) is 23.2 Å². The molecule has 2 aliphatic heterocycles. The molecule has 7 heteroatoms. The molecule has 1 atom stereocenters. The topological polar surface area (TPSA) is 84.5 Å². The van der Waals surface area contributed by atoms with Crippen molar-refractivity contribution in [1.82, 2.24) is 15.1 Å². The van der Waals surface area contributed by atoms with E-state index in [1.54, 1.807) is 4.90 Å². The van der Waals surface area contributed by atoms with Crippen LogP contribution in [0, 0.1) is 0 Å². The molecule has 1 amide bonds. The van der Waals surface area contributed by atoms with Crippen LogP contribution in [0.5, 0.6) is 11.5 Å². The van der Waals surface area contributed by atoms with Crippen molar-refractivity contribution in [2.75, 3.05) is 19.8 Å².